The normalized spacial score (nSPS) is 12.4. The summed E-state index contributed by atoms with van der Waals surface area (Å²) in [6.45, 7) is 4.19. The zero-order valence-electron chi connectivity index (χ0n) is 10.8. The van der Waals surface area contributed by atoms with Crippen LogP contribution in [-0.2, 0) is 6.42 Å². The number of aryl methyl sites for hydroxylation is 2. The Morgan fingerprint density at radius 3 is 2.39 bits per heavy atom. The van der Waals surface area contributed by atoms with E-state index < -0.39 is 0 Å². The molecular formula is C16H18BrN. The van der Waals surface area contributed by atoms with E-state index in [1.54, 1.807) is 0 Å². The zero-order chi connectivity index (χ0) is 13.1. The van der Waals surface area contributed by atoms with Gasteiger partial charge in [0.1, 0.15) is 0 Å². The van der Waals surface area contributed by atoms with Crippen LogP contribution in [0, 0.1) is 13.8 Å². The molecule has 2 rings (SSSR count). The first-order valence-corrected chi connectivity index (χ1v) is 6.93. The summed E-state index contributed by atoms with van der Waals surface area (Å²) in [7, 11) is 0. The van der Waals surface area contributed by atoms with Crippen LogP contribution in [0.3, 0.4) is 0 Å². The second-order valence-electron chi connectivity index (χ2n) is 4.77. The first-order valence-electron chi connectivity index (χ1n) is 6.14. The van der Waals surface area contributed by atoms with Crippen LogP contribution >= 0.6 is 15.9 Å². The predicted octanol–water partition coefficient (Wildman–Crippen LogP) is 4.31. The number of rotatable bonds is 3. The maximum atomic E-state index is 6.30. The molecule has 0 radical (unpaired) electrons. The quantitative estimate of drug-likeness (QED) is 0.898. The Morgan fingerprint density at radius 1 is 1.06 bits per heavy atom. The third kappa shape index (κ3) is 3.01. The molecule has 18 heavy (non-hydrogen) atoms. The number of halogens is 1. The molecule has 2 N–H and O–H groups in total. The Kier molecular flexibility index (Phi) is 4.20. The lowest BCUT2D eigenvalue weighted by molar-refractivity contribution is 0.717. The Bertz CT molecular complexity index is 531. The standard InChI is InChI=1S/C16H18BrN/c1-11-6-8-13(9-7-11)10-15(18)14-5-3-4-12(2)16(14)17/h3-9,15H,10,18H2,1-2H3. The monoisotopic (exact) mass is 303 g/mol. The minimum Gasteiger partial charge on any atom is -0.324 e. The molecule has 0 saturated carbocycles. The van der Waals surface area contributed by atoms with Gasteiger partial charge >= 0.3 is 0 Å². The highest BCUT2D eigenvalue weighted by Gasteiger charge is 2.11. The van der Waals surface area contributed by atoms with Crippen LogP contribution in [0.15, 0.2) is 46.9 Å². The second-order valence-corrected chi connectivity index (χ2v) is 5.57. The Labute approximate surface area is 117 Å². The van der Waals surface area contributed by atoms with E-state index in [1.807, 2.05) is 0 Å². The van der Waals surface area contributed by atoms with E-state index in [0.717, 1.165) is 10.9 Å². The smallest absolute Gasteiger partial charge is 0.0347 e. The highest BCUT2D eigenvalue weighted by atomic mass is 79.9. The van der Waals surface area contributed by atoms with E-state index in [2.05, 4.69) is 72.2 Å². The molecule has 1 nitrogen and oxygen atoms in total. The van der Waals surface area contributed by atoms with Crippen LogP contribution in [0.1, 0.15) is 28.3 Å². The number of benzene rings is 2. The van der Waals surface area contributed by atoms with Crippen LogP contribution in [0.25, 0.3) is 0 Å². The largest absolute Gasteiger partial charge is 0.324 e. The van der Waals surface area contributed by atoms with Gasteiger partial charge in [-0.3, -0.25) is 0 Å². The van der Waals surface area contributed by atoms with Crippen LogP contribution in [0.5, 0.6) is 0 Å². The molecule has 1 unspecified atom stereocenters. The maximum Gasteiger partial charge on any atom is 0.0347 e. The first-order chi connectivity index (χ1) is 8.58. The van der Waals surface area contributed by atoms with E-state index in [0.29, 0.717) is 0 Å². The van der Waals surface area contributed by atoms with Crippen molar-refractivity contribution in [2.24, 2.45) is 5.73 Å². The Morgan fingerprint density at radius 2 is 1.72 bits per heavy atom. The lowest BCUT2D eigenvalue weighted by atomic mass is 9.98. The van der Waals surface area contributed by atoms with Crippen molar-refractivity contribution < 1.29 is 0 Å². The first kappa shape index (κ1) is 13.3. The van der Waals surface area contributed by atoms with Gasteiger partial charge in [0.15, 0.2) is 0 Å². The van der Waals surface area contributed by atoms with Gasteiger partial charge in [0.2, 0.25) is 0 Å². The molecule has 2 aromatic carbocycles. The molecule has 0 fully saturated rings. The van der Waals surface area contributed by atoms with Crippen molar-refractivity contribution in [3.63, 3.8) is 0 Å². The van der Waals surface area contributed by atoms with E-state index in [4.69, 9.17) is 5.73 Å². The number of nitrogens with two attached hydrogens (primary N) is 1. The summed E-state index contributed by atoms with van der Waals surface area (Å²) in [5, 5.41) is 0. The van der Waals surface area contributed by atoms with Gasteiger partial charge in [-0.2, -0.15) is 0 Å². The Balaban J connectivity index is 2.19. The molecule has 0 heterocycles. The number of hydrogen-bond donors (Lipinski definition) is 1. The maximum absolute atomic E-state index is 6.30. The van der Waals surface area contributed by atoms with Gasteiger partial charge in [0.25, 0.3) is 0 Å². The molecule has 0 aliphatic carbocycles. The molecule has 0 bridgehead atoms. The molecule has 0 saturated heterocycles. The number of hydrogen-bond acceptors (Lipinski definition) is 1. The van der Waals surface area contributed by atoms with Crippen LogP contribution in [-0.4, -0.2) is 0 Å². The van der Waals surface area contributed by atoms with Gasteiger partial charge in [-0.05, 0) is 37.0 Å². The summed E-state index contributed by atoms with van der Waals surface area (Å²) >= 11 is 3.63. The fraction of sp³-hybridized carbons (Fsp3) is 0.250. The van der Waals surface area contributed by atoms with Gasteiger partial charge in [-0.25, -0.2) is 0 Å². The van der Waals surface area contributed by atoms with Crippen LogP contribution in [0.2, 0.25) is 0 Å². The van der Waals surface area contributed by atoms with E-state index in [-0.39, 0.29) is 6.04 Å². The molecule has 94 valence electrons. The summed E-state index contributed by atoms with van der Waals surface area (Å²) in [5.41, 5.74) is 11.3. The summed E-state index contributed by atoms with van der Waals surface area (Å²) in [5.74, 6) is 0. The lowest BCUT2D eigenvalue weighted by Gasteiger charge is -2.15. The topological polar surface area (TPSA) is 26.0 Å². The average molecular weight is 304 g/mol. The van der Waals surface area contributed by atoms with Crippen molar-refractivity contribution in [2.75, 3.05) is 0 Å². The van der Waals surface area contributed by atoms with Crippen LogP contribution < -0.4 is 5.73 Å². The third-order valence-corrected chi connectivity index (χ3v) is 4.28. The molecule has 0 aromatic heterocycles. The third-order valence-electron chi connectivity index (χ3n) is 3.20. The van der Waals surface area contributed by atoms with Gasteiger partial charge < -0.3 is 5.73 Å². The van der Waals surface area contributed by atoms with Crippen molar-refractivity contribution in [3.8, 4) is 0 Å². The van der Waals surface area contributed by atoms with Crippen molar-refractivity contribution in [3.05, 3.63) is 69.2 Å². The molecule has 0 amide bonds. The molecule has 2 heteroatoms. The second kappa shape index (κ2) is 5.68. The minimum absolute atomic E-state index is 0.0296. The fourth-order valence-corrected chi connectivity index (χ4v) is 2.60. The van der Waals surface area contributed by atoms with Crippen molar-refractivity contribution in [1.29, 1.82) is 0 Å². The summed E-state index contributed by atoms with van der Waals surface area (Å²) in [6.07, 6.45) is 0.863. The molecule has 0 spiro atoms. The summed E-state index contributed by atoms with van der Waals surface area (Å²) in [6, 6.07) is 14.8. The van der Waals surface area contributed by atoms with E-state index in [1.165, 1.54) is 22.3 Å². The van der Waals surface area contributed by atoms with Gasteiger partial charge in [0, 0.05) is 10.5 Å². The minimum atomic E-state index is 0.0296. The van der Waals surface area contributed by atoms with Gasteiger partial charge in [-0.15, -0.1) is 0 Å². The fourth-order valence-electron chi connectivity index (χ4n) is 2.04. The van der Waals surface area contributed by atoms with Gasteiger partial charge in [-0.1, -0.05) is 64.0 Å². The van der Waals surface area contributed by atoms with Crippen molar-refractivity contribution >= 4 is 15.9 Å². The molecular weight excluding hydrogens is 286 g/mol. The average Bonchev–Trinajstić information content (AvgIpc) is 2.35. The molecule has 2 aromatic rings. The lowest BCUT2D eigenvalue weighted by Crippen LogP contribution is -2.14. The van der Waals surface area contributed by atoms with E-state index >= 15 is 0 Å². The summed E-state index contributed by atoms with van der Waals surface area (Å²) in [4.78, 5) is 0. The molecule has 0 aliphatic rings. The van der Waals surface area contributed by atoms with Crippen molar-refractivity contribution in [2.45, 2.75) is 26.3 Å². The Hall–Kier alpha value is -1.12. The molecule has 0 aliphatic heterocycles. The summed E-state index contributed by atoms with van der Waals surface area (Å²) < 4.78 is 1.13. The SMILES string of the molecule is Cc1ccc(CC(N)c2cccc(C)c2Br)cc1. The van der Waals surface area contributed by atoms with Gasteiger partial charge in [0.05, 0.1) is 0 Å². The predicted molar refractivity (Wildman–Crippen MR) is 80.7 cm³/mol. The highest BCUT2D eigenvalue weighted by Crippen LogP contribution is 2.27. The van der Waals surface area contributed by atoms with Crippen LogP contribution in [0.4, 0.5) is 0 Å². The van der Waals surface area contributed by atoms with E-state index in [9.17, 15) is 0 Å². The highest BCUT2D eigenvalue weighted by molar-refractivity contribution is 9.10. The van der Waals surface area contributed by atoms with Crippen molar-refractivity contribution in [1.82, 2.24) is 0 Å². The molecule has 1 atom stereocenters. The zero-order valence-corrected chi connectivity index (χ0v) is 12.4.